The highest BCUT2D eigenvalue weighted by Crippen LogP contribution is 2.26. The molecule has 0 aliphatic carbocycles. The lowest BCUT2D eigenvalue weighted by molar-refractivity contribution is 0.326. The summed E-state index contributed by atoms with van der Waals surface area (Å²) in [7, 11) is -0.995. The highest BCUT2D eigenvalue weighted by atomic mass is 32.4. The van der Waals surface area contributed by atoms with E-state index in [-0.39, 0.29) is 0 Å². The lowest BCUT2D eigenvalue weighted by Gasteiger charge is -1.89. The molecule has 0 saturated heterocycles. The first-order chi connectivity index (χ1) is 3.39. The van der Waals surface area contributed by atoms with Gasteiger partial charge in [-0.1, -0.05) is 0 Å². The summed E-state index contributed by atoms with van der Waals surface area (Å²) in [5.41, 5.74) is 0. The smallest absolute Gasteiger partial charge is 0.258 e. The molecule has 1 rings (SSSR count). The zero-order chi connectivity index (χ0) is 5.11. The SMILES string of the molecule is S=[P+]1OC=CCO1. The van der Waals surface area contributed by atoms with Gasteiger partial charge in [0.25, 0.3) is 0 Å². The summed E-state index contributed by atoms with van der Waals surface area (Å²) >= 11 is 4.66. The van der Waals surface area contributed by atoms with E-state index in [9.17, 15) is 0 Å². The standard InChI is InChI=1S/C3H4O2PS/c7-6-4-2-1-3-5-6/h1-2H,3H2/q+1. The summed E-state index contributed by atoms with van der Waals surface area (Å²) in [5, 5.41) is 0. The zero-order valence-corrected chi connectivity index (χ0v) is 5.24. The lowest BCUT2D eigenvalue weighted by Crippen LogP contribution is -1.85. The van der Waals surface area contributed by atoms with E-state index in [0.29, 0.717) is 6.61 Å². The van der Waals surface area contributed by atoms with Gasteiger partial charge < -0.3 is 0 Å². The van der Waals surface area contributed by atoms with Gasteiger partial charge in [0, 0.05) is 0 Å². The van der Waals surface area contributed by atoms with Crippen molar-refractivity contribution >= 4 is 19.0 Å². The van der Waals surface area contributed by atoms with E-state index in [4.69, 9.17) is 9.05 Å². The van der Waals surface area contributed by atoms with Crippen LogP contribution in [0.5, 0.6) is 0 Å². The Morgan fingerprint density at radius 1 is 1.71 bits per heavy atom. The molecule has 4 heteroatoms. The van der Waals surface area contributed by atoms with Gasteiger partial charge in [0.2, 0.25) is 11.8 Å². The normalized spacial score (nSPS) is 24.3. The molecule has 1 atom stereocenters. The fraction of sp³-hybridized carbons (Fsp3) is 0.333. The van der Waals surface area contributed by atoms with Gasteiger partial charge in [-0.15, -0.1) is 4.52 Å². The highest BCUT2D eigenvalue weighted by Gasteiger charge is 2.13. The molecule has 1 unspecified atom stereocenters. The van der Waals surface area contributed by atoms with E-state index >= 15 is 0 Å². The molecule has 0 aromatic carbocycles. The van der Waals surface area contributed by atoms with E-state index in [1.165, 1.54) is 0 Å². The van der Waals surface area contributed by atoms with Gasteiger partial charge >= 0.3 is 7.15 Å². The van der Waals surface area contributed by atoms with Crippen molar-refractivity contribution in [3.63, 3.8) is 0 Å². The van der Waals surface area contributed by atoms with E-state index < -0.39 is 7.15 Å². The molecule has 2 nitrogen and oxygen atoms in total. The Hall–Kier alpha value is 0.0200. The molecule has 1 aliphatic rings. The van der Waals surface area contributed by atoms with Crippen molar-refractivity contribution in [1.82, 2.24) is 0 Å². The minimum Gasteiger partial charge on any atom is -0.258 e. The first kappa shape index (κ1) is 5.16. The molecule has 0 aromatic heterocycles. The van der Waals surface area contributed by atoms with Gasteiger partial charge in [-0.05, 0) is 6.08 Å². The summed E-state index contributed by atoms with van der Waals surface area (Å²) in [5.74, 6) is 0. The molecule has 0 bridgehead atoms. The van der Waals surface area contributed by atoms with Crippen molar-refractivity contribution in [3.05, 3.63) is 12.3 Å². The average Bonchev–Trinajstić information content (AvgIpc) is 1.69. The number of hydrogen-bond donors (Lipinski definition) is 0. The molecule has 0 fully saturated rings. The molecule has 1 aliphatic heterocycles. The topological polar surface area (TPSA) is 18.5 Å². The van der Waals surface area contributed by atoms with E-state index in [0.717, 1.165) is 0 Å². The van der Waals surface area contributed by atoms with Crippen LogP contribution in [0.1, 0.15) is 0 Å². The van der Waals surface area contributed by atoms with E-state index in [1.807, 2.05) is 0 Å². The maximum absolute atomic E-state index is 4.85. The Kier molecular flexibility index (Phi) is 1.74. The van der Waals surface area contributed by atoms with Crippen molar-refractivity contribution in [2.75, 3.05) is 6.61 Å². The Balaban J connectivity index is 2.47. The van der Waals surface area contributed by atoms with Crippen LogP contribution in [-0.2, 0) is 20.9 Å². The third-order valence-corrected chi connectivity index (χ3v) is 1.75. The maximum atomic E-state index is 4.85. The largest absolute Gasteiger partial charge is 0.573 e. The Morgan fingerprint density at radius 3 is 2.86 bits per heavy atom. The van der Waals surface area contributed by atoms with Gasteiger partial charge in [0.05, 0.1) is 0 Å². The number of hydrogen-bond acceptors (Lipinski definition) is 3. The maximum Gasteiger partial charge on any atom is 0.573 e. The van der Waals surface area contributed by atoms with Crippen molar-refractivity contribution in [2.24, 2.45) is 0 Å². The quantitative estimate of drug-likeness (QED) is 0.467. The van der Waals surface area contributed by atoms with Crippen LogP contribution in [0.15, 0.2) is 12.3 Å². The summed E-state index contributed by atoms with van der Waals surface area (Å²) < 4.78 is 9.60. The first-order valence-corrected chi connectivity index (χ1v) is 4.00. The Morgan fingerprint density at radius 2 is 2.57 bits per heavy atom. The van der Waals surface area contributed by atoms with Crippen LogP contribution >= 0.6 is 7.15 Å². The summed E-state index contributed by atoms with van der Waals surface area (Å²) in [4.78, 5) is 0. The fourth-order valence-corrected chi connectivity index (χ4v) is 1.05. The third kappa shape index (κ3) is 1.51. The minimum absolute atomic E-state index is 0.606. The van der Waals surface area contributed by atoms with Gasteiger partial charge in [0.15, 0.2) is 6.26 Å². The molecule has 0 radical (unpaired) electrons. The fourth-order valence-electron chi connectivity index (χ4n) is 0.266. The van der Waals surface area contributed by atoms with Crippen molar-refractivity contribution in [1.29, 1.82) is 0 Å². The molecule has 0 saturated carbocycles. The van der Waals surface area contributed by atoms with E-state index in [2.05, 4.69) is 11.8 Å². The average molecular weight is 135 g/mol. The Labute approximate surface area is 47.7 Å². The number of rotatable bonds is 0. The molecule has 0 amide bonds. The molecule has 0 N–H and O–H groups in total. The highest BCUT2D eigenvalue weighted by molar-refractivity contribution is 8.00. The first-order valence-electron chi connectivity index (χ1n) is 1.81. The van der Waals surface area contributed by atoms with Crippen molar-refractivity contribution < 1.29 is 9.05 Å². The van der Waals surface area contributed by atoms with Crippen molar-refractivity contribution in [3.8, 4) is 0 Å². The predicted molar refractivity (Wildman–Crippen MR) is 30.5 cm³/mol. The van der Waals surface area contributed by atoms with Crippen LogP contribution in [-0.4, -0.2) is 6.61 Å². The Bertz CT molecular complexity index is 112. The second-order valence-corrected chi connectivity index (χ2v) is 2.81. The van der Waals surface area contributed by atoms with Crippen LogP contribution in [0.4, 0.5) is 0 Å². The molecular formula is C3H4O2PS+. The zero-order valence-electron chi connectivity index (χ0n) is 3.53. The second-order valence-electron chi connectivity index (χ2n) is 0.997. The van der Waals surface area contributed by atoms with Gasteiger partial charge in [0.1, 0.15) is 6.61 Å². The van der Waals surface area contributed by atoms with Crippen LogP contribution in [0.3, 0.4) is 0 Å². The van der Waals surface area contributed by atoms with Crippen LogP contribution in [0, 0.1) is 0 Å². The minimum atomic E-state index is -0.995. The summed E-state index contributed by atoms with van der Waals surface area (Å²) in [6.45, 7) is 0.606. The molecule has 1 heterocycles. The predicted octanol–water partition coefficient (Wildman–Crippen LogP) is 1.32. The summed E-state index contributed by atoms with van der Waals surface area (Å²) in [6, 6.07) is 0. The van der Waals surface area contributed by atoms with Gasteiger partial charge in [-0.25, -0.2) is 0 Å². The molecule has 38 valence electrons. The third-order valence-electron chi connectivity index (χ3n) is 0.519. The van der Waals surface area contributed by atoms with Crippen LogP contribution in [0.25, 0.3) is 0 Å². The van der Waals surface area contributed by atoms with Crippen LogP contribution in [0.2, 0.25) is 0 Å². The van der Waals surface area contributed by atoms with E-state index in [1.54, 1.807) is 12.3 Å². The van der Waals surface area contributed by atoms with Gasteiger partial charge in [-0.2, -0.15) is 0 Å². The summed E-state index contributed by atoms with van der Waals surface area (Å²) in [6.07, 6.45) is 3.37. The lowest BCUT2D eigenvalue weighted by atomic mass is 10.7. The van der Waals surface area contributed by atoms with Crippen LogP contribution < -0.4 is 0 Å². The van der Waals surface area contributed by atoms with Gasteiger partial charge in [-0.3, -0.25) is 4.52 Å². The second kappa shape index (κ2) is 2.36. The molecule has 7 heavy (non-hydrogen) atoms. The van der Waals surface area contributed by atoms with Crippen molar-refractivity contribution in [2.45, 2.75) is 0 Å². The molecular weight excluding hydrogens is 131 g/mol. The monoisotopic (exact) mass is 135 g/mol. The molecule has 0 spiro atoms. The molecule has 0 aromatic rings.